The van der Waals surface area contributed by atoms with Gasteiger partial charge in [-0.15, -0.1) is 0 Å². The van der Waals surface area contributed by atoms with Crippen LogP contribution in [0.15, 0.2) is 54.9 Å². The number of para-hydroxylation sites is 1. The zero-order chi connectivity index (χ0) is 17.9. The molecule has 4 heteroatoms. The molecule has 1 saturated heterocycles. The van der Waals surface area contributed by atoms with Gasteiger partial charge in [0.05, 0.1) is 0 Å². The highest BCUT2D eigenvalue weighted by atomic mass is 15.2. The van der Waals surface area contributed by atoms with Crippen LogP contribution in [0.1, 0.15) is 24.1 Å². The van der Waals surface area contributed by atoms with E-state index >= 15 is 0 Å². The van der Waals surface area contributed by atoms with Crippen LogP contribution < -0.4 is 0 Å². The number of rotatable bonds is 5. The fourth-order valence-electron chi connectivity index (χ4n) is 4.11. The highest BCUT2D eigenvalue weighted by Gasteiger charge is 2.24. The summed E-state index contributed by atoms with van der Waals surface area (Å²) in [6.45, 7) is 4.31. The average molecular weight is 348 g/mol. The molecule has 0 aliphatic carbocycles. The molecule has 3 aromatic rings. The lowest BCUT2D eigenvalue weighted by Gasteiger charge is -2.37. The number of pyridine rings is 1. The molecular formula is C22H28N4. The average Bonchev–Trinajstić information content (AvgIpc) is 2.99. The van der Waals surface area contributed by atoms with E-state index in [1.165, 1.54) is 48.1 Å². The molecule has 0 N–H and O–H groups in total. The summed E-state index contributed by atoms with van der Waals surface area (Å²) >= 11 is 0. The lowest BCUT2D eigenvalue weighted by molar-refractivity contribution is 0.106. The van der Waals surface area contributed by atoms with Crippen LogP contribution in [0.2, 0.25) is 0 Å². The molecule has 0 atom stereocenters. The van der Waals surface area contributed by atoms with E-state index in [-0.39, 0.29) is 0 Å². The third kappa shape index (κ3) is 3.67. The first-order chi connectivity index (χ1) is 12.7. The third-order valence-electron chi connectivity index (χ3n) is 5.73. The number of aryl methyl sites for hydroxylation is 1. The van der Waals surface area contributed by atoms with Gasteiger partial charge in [0.1, 0.15) is 0 Å². The summed E-state index contributed by atoms with van der Waals surface area (Å²) in [5, 5.41) is 1.33. The van der Waals surface area contributed by atoms with Crippen molar-refractivity contribution in [1.29, 1.82) is 0 Å². The van der Waals surface area contributed by atoms with E-state index in [1.807, 2.05) is 18.5 Å². The summed E-state index contributed by atoms with van der Waals surface area (Å²) in [4.78, 5) is 9.41. The van der Waals surface area contributed by atoms with Crippen LogP contribution in [0.25, 0.3) is 10.9 Å². The predicted molar refractivity (Wildman–Crippen MR) is 107 cm³/mol. The van der Waals surface area contributed by atoms with Gasteiger partial charge in [-0.3, -0.25) is 9.88 Å². The highest BCUT2D eigenvalue weighted by Crippen LogP contribution is 2.24. The van der Waals surface area contributed by atoms with Crippen molar-refractivity contribution in [2.75, 3.05) is 20.1 Å². The van der Waals surface area contributed by atoms with Crippen LogP contribution in [-0.4, -0.2) is 45.5 Å². The van der Waals surface area contributed by atoms with Crippen LogP contribution in [0.4, 0.5) is 0 Å². The van der Waals surface area contributed by atoms with Crippen molar-refractivity contribution in [3.8, 4) is 0 Å². The number of nitrogens with zero attached hydrogens (tertiary/aromatic N) is 4. The molecule has 1 aliphatic heterocycles. The lowest BCUT2D eigenvalue weighted by Crippen LogP contribution is -2.43. The van der Waals surface area contributed by atoms with Gasteiger partial charge in [0, 0.05) is 49.8 Å². The molecule has 1 aromatic carbocycles. The van der Waals surface area contributed by atoms with Crippen LogP contribution in [0.5, 0.6) is 0 Å². The van der Waals surface area contributed by atoms with Crippen molar-refractivity contribution in [2.24, 2.45) is 7.05 Å². The van der Waals surface area contributed by atoms with E-state index in [0.717, 1.165) is 13.1 Å². The quantitative estimate of drug-likeness (QED) is 0.703. The molecule has 0 amide bonds. The number of piperidine rings is 1. The molecule has 2 aromatic heterocycles. The Balaban J connectivity index is 1.60. The van der Waals surface area contributed by atoms with Crippen molar-refractivity contribution in [3.63, 3.8) is 0 Å². The highest BCUT2D eigenvalue weighted by molar-refractivity contribution is 5.81. The van der Waals surface area contributed by atoms with Crippen LogP contribution >= 0.6 is 0 Å². The Hall–Kier alpha value is -2.17. The van der Waals surface area contributed by atoms with E-state index < -0.39 is 0 Å². The van der Waals surface area contributed by atoms with E-state index in [0.29, 0.717) is 6.04 Å². The third-order valence-corrected chi connectivity index (χ3v) is 5.73. The summed E-state index contributed by atoms with van der Waals surface area (Å²) in [7, 11) is 4.42. The van der Waals surface area contributed by atoms with Gasteiger partial charge in [0.25, 0.3) is 0 Å². The zero-order valence-corrected chi connectivity index (χ0v) is 15.8. The first kappa shape index (κ1) is 17.3. The van der Waals surface area contributed by atoms with Gasteiger partial charge in [-0.05, 0) is 62.1 Å². The molecule has 0 saturated carbocycles. The molecule has 4 rings (SSSR count). The molecule has 0 bridgehead atoms. The van der Waals surface area contributed by atoms with Crippen LogP contribution in [0, 0.1) is 0 Å². The molecule has 26 heavy (non-hydrogen) atoms. The molecule has 0 spiro atoms. The minimum absolute atomic E-state index is 0.629. The molecule has 1 fully saturated rings. The summed E-state index contributed by atoms with van der Waals surface area (Å²) in [6, 6.07) is 15.9. The van der Waals surface area contributed by atoms with Crippen LogP contribution in [0.3, 0.4) is 0 Å². The minimum Gasteiger partial charge on any atom is -0.346 e. The van der Waals surface area contributed by atoms with Crippen molar-refractivity contribution in [3.05, 3.63) is 66.1 Å². The van der Waals surface area contributed by atoms with Gasteiger partial charge in [0.2, 0.25) is 0 Å². The first-order valence-electron chi connectivity index (χ1n) is 9.55. The Morgan fingerprint density at radius 2 is 1.85 bits per heavy atom. The molecule has 1 aliphatic rings. The number of likely N-dealkylation sites (tertiary alicyclic amines) is 1. The molecule has 0 unspecified atom stereocenters. The van der Waals surface area contributed by atoms with Crippen molar-refractivity contribution < 1.29 is 0 Å². The number of aromatic nitrogens is 2. The zero-order valence-electron chi connectivity index (χ0n) is 15.8. The molecular weight excluding hydrogens is 320 g/mol. The Morgan fingerprint density at radius 1 is 1.04 bits per heavy atom. The Labute approximate surface area is 156 Å². The van der Waals surface area contributed by atoms with E-state index in [4.69, 9.17) is 0 Å². The second-order valence-electron chi connectivity index (χ2n) is 7.55. The molecule has 136 valence electrons. The summed E-state index contributed by atoms with van der Waals surface area (Å²) in [5.41, 5.74) is 3.99. The fourth-order valence-corrected chi connectivity index (χ4v) is 4.11. The largest absolute Gasteiger partial charge is 0.346 e. The number of fused-ring (bicyclic) bond motifs is 1. The van der Waals surface area contributed by atoms with E-state index in [9.17, 15) is 0 Å². The van der Waals surface area contributed by atoms with E-state index in [2.05, 4.69) is 69.8 Å². The minimum atomic E-state index is 0.629. The smallest absolute Gasteiger partial charge is 0.0480 e. The monoisotopic (exact) mass is 348 g/mol. The Morgan fingerprint density at radius 3 is 2.58 bits per heavy atom. The lowest BCUT2D eigenvalue weighted by atomic mass is 10.0. The van der Waals surface area contributed by atoms with Gasteiger partial charge < -0.3 is 9.47 Å². The number of hydrogen-bond acceptors (Lipinski definition) is 3. The van der Waals surface area contributed by atoms with Gasteiger partial charge in [0.15, 0.2) is 0 Å². The maximum atomic E-state index is 4.31. The second-order valence-corrected chi connectivity index (χ2v) is 7.55. The van der Waals surface area contributed by atoms with Gasteiger partial charge in [-0.2, -0.15) is 0 Å². The predicted octanol–water partition coefficient (Wildman–Crippen LogP) is 3.67. The van der Waals surface area contributed by atoms with Crippen LogP contribution in [-0.2, 0) is 20.1 Å². The summed E-state index contributed by atoms with van der Waals surface area (Å²) in [6.07, 6.45) is 6.33. The van der Waals surface area contributed by atoms with Gasteiger partial charge in [-0.1, -0.05) is 24.3 Å². The van der Waals surface area contributed by atoms with Crippen molar-refractivity contribution in [1.82, 2.24) is 19.4 Å². The van der Waals surface area contributed by atoms with E-state index in [1.54, 1.807) is 0 Å². The fraction of sp³-hybridized carbons (Fsp3) is 0.409. The van der Waals surface area contributed by atoms with Gasteiger partial charge >= 0.3 is 0 Å². The summed E-state index contributed by atoms with van der Waals surface area (Å²) in [5.74, 6) is 0. The first-order valence-corrected chi connectivity index (χ1v) is 9.55. The maximum absolute atomic E-state index is 4.31. The second kappa shape index (κ2) is 7.60. The Kier molecular flexibility index (Phi) is 5.05. The summed E-state index contributed by atoms with van der Waals surface area (Å²) < 4.78 is 2.35. The van der Waals surface area contributed by atoms with Crippen molar-refractivity contribution in [2.45, 2.75) is 32.0 Å². The van der Waals surface area contributed by atoms with Crippen molar-refractivity contribution >= 4 is 10.9 Å². The topological polar surface area (TPSA) is 24.3 Å². The number of hydrogen-bond donors (Lipinski definition) is 0. The number of benzene rings is 1. The standard InChI is InChI=1S/C22H28N4/c1-24-12-9-20(10-13-24)26(16-18-6-5-11-23-15-18)17-21-14-19-7-3-4-8-22(19)25(21)2/h3-8,11,14-15,20H,9-10,12-13,16-17H2,1-2H3. The SMILES string of the molecule is CN1CCC(N(Cc2cccnc2)Cc2cc3ccccc3n2C)CC1. The molecule has 3 heterocycles. The Bertz CT molecular complexity index is 847. The maximum Gasteiger partial charge on any atom is 0.0480 e. The normalized spacial score (nSPS) is 16.6. The van der Waals surface area contributed by atoms with Gasteiger partial charge in [-0.25, -0.2) is 0 Å². The molecule has 4 nitrogen and oxygen atoms in total. The molecule has 0 radical (unpaired) electrons.